The Hall–Kier alpha value is -1.68. The van der Waals surface area contributed by atoms with Crippen LogP contribution in [0, 0.1) is 0 Å². The second-order valence-corrected chi connectivity index (χ2v) is 8.99. The van der Waals surface area contributed by atoms with Crippen LogP contribution in [0.5, 0.6) is 0 Å². The van der Waals surface area contributed by atoms with Crippen molar-refractivity contribution < 1.29 is 9.59 Å². The summed E-state index contributed by atoms with van der Waals surface area (Å²) >= 11 is 0. The molecule has 1 aromatic rings. The minimum Gasteiger partial charge on any atom is -0.346 e. The molecule has 0 spiro atoms. The normalized spacial score (nSPS) is 12.6. The minimum atomic E-state index is -0.369. The molecule has 164 valence electrons. The lowest BCUT2D eigenvalue weighted by atomic mass is 9.88. The first-order chi connectivity index (χ1) is 13.6. The van der Waals surface area contributed by atoms with E-state index < -0.39 is 0 Å². The average molecular weight is 403 g/mol. The number of nitrogens with one attached hydrogen (secondary N) is 2. The van der Waals surface area contributed by atoms with Gasteiger partial charge in [-0.1, -0.05) is 66.7 Å². The number of benzene rings is 1. The first-order valence-electron chi connectivity index (χ1n) is 11.3. The highest BCUT2D eigenvalue weighted by Gasteiger charge is 2.19. The average Bonchev–Trinajstić information content (AvgIpc) is 2.65. The summed E-state index contributed by atoms with van der Waals surface area (Å²) in [6.07, 6.45) is 3.42. The zero-order valence-corrected chi connectivity index (χ0v) is 19.6. The molecule has 0 aromatic heterocycles. The number of unbranched alkanes of at least 4 members (excludes halogenated alkanes) is 1. The number of ketones is 1. The van der Waals surface area contributed by atoms with Crippen molar-refractivity contribution in [3.8, 4) is 0 Å². The van der Waals surface area contributed by atoms with Crippen molar-refractivity contribution in [1.82, 2.24) is 10.6 Å². The maximum absolute atomic E-state index is 12.6. The summed E-state index contributed by atoms with van der Waals surface area (Å²) in [6, 6.07) is 6.47. The summed E-state index contributed by atoms with van der Waals surface area (Å²) < 4.78 is 0. The fraction of sp³-hybridized carbons (Fsp3) is 0.680. The van der Waals surface area contributed by atoms with Gasteiger partial charge in [0.1, 0.15) is 0 Å². The van der Waals surface area contributed by atoms with Gasteiger partial charge in [-0.15, -0.1) is 0 Å². The van der Waals surface area contributed by atoms with Gasteiger partial charge in [0.2, 0.25) is 5.91 Å². The van der Waals surface area contributed by atoms with Crippen molar-refractivity contribution >= 4 is 11.7 Å². The van der Waals surface area contributed by atoms with Gasteiger partial charge >= 0.3 is 0 Å². The molecule has 29 heavy (non-hydrogen) atoms. The van der Waals surface area contributed by atoms with E-state index in [4.69, 9.17) is 0 Å². The van der Waals surface area contributed by atoms with Gasteiger partial charge in [-0.3, -0.25) is 9.59 Å². The summed E-state index contributed by atoms with van der Waals surface area (Å²) in [5, 5.41) is 6.38. The third kappa shape index (κ3) is 9.12. The fourth-order valence-corrected chi connectivity index (χ4v) is 3.61. The molecule has 4 heteroatoms. The molecule has 0 bridgehead atoms. The predicted octanol–water partition coefficient (Wildman–Crippen LogP) is 5.11. The first kappa shape index (κ1) is 25.4. The number of amides is 1. The Balaban J connectivity index is 2.70. The Labute approximate surface area is 178 Å². The maximum Gasteiger partial charge on any atom is 0.224 e. The van der Waals surface area contributed by atoms with E-state index in [1.165, 1.54) is 11.1 Å². The van der Waals surface area contributed by atoms with Crippen LogP contribution in [0.2, 0.25) is 0 Å². The quantitative estimate of drug-likeness (QED) is 0.451. The molecule has 1 amide bonds. The molecule has 0 radical (unpaired) electrons. The molecule has 0 aliphatic carbocycles. The molecule has 1 aromatic carbocycles. The maximum atomic E-state index is 12.6. The molecule has 0 saturated carbocycles. The minimum absolute atomic E-state index is 0.0656. The third-order valence-corrected chi connectivity index (χ3v) is 5.30. The van der Waals surface area contributed by atoms with Gasteiger partial charge in [-0.05, 0) is 54.3 Å². The Morgan fingerprint density at radius 3 is 2.14 bits per heavy atom. The largest absolute Gasteiger partial charge is 0.346 e. The van der Waals surface area contributed by atoms with Crippen molar-refractivity contribution in [3.05, 3.63) is 34.9 Å². The lowest BCUT2D eigenvalue weighted by molar-refractivity contribution is -0.127. The van der Waals surface area contributed by atoms with Gasteiger partial charge < -0.3 is 10.6 Å². The van der Waals surface area contributed by atoms with E-state index in [0.717, 1.165) is 24.9 Å². The Morgan fingerprint density at radius 1 is 0.931 bits per heavy atom. The molecular weight excluding hydrogens is 360 g/mol. The van der Waals surface area contributed by atoms with Crippen LogP contribution in [0.4, 0.5) is 0 Å². The van der Waals surface area contributed by atoms with Crippen LogP contribution in [0.25, 0.3) is 0 Å². The molecule has 1 atom stereocenters. The van der Waals surface area contributed by atoms with E-state index in [1.54, 1.807) is 0 Å². The topological polar surface area (TPSA) is 58.2 Å². The number of carbonyl (C=O) groups excluding carboxylic acids is 2. The van der Waals surface area contributed by atoms with Crippen LogP contribution in [-0.4, -0.2) is 30.3 Å². The van der Waals surface area contributed by atoms with Crippen LogP contribution in [0.1, 0.15) is 103 Å². The summed E-state index contributed by atoms with van der Waals surface area (Å²) in [7, 11) is 0. The molecule has 0 heterocycles. The highest BCUT2D eigenvalue weighted by molar-refractivity contribution is 5.89. The molecular formula is C25H42N2O2. The van der Waals surface area contributed by atoms with E-state index in [0.29, 0.717) is 37.1 Å². The molecule has 4 nitrogen and oxygen atoms in total. The zero-order chi connectivity index (χ0) is 22.0. The SMILES string of the molecule is CCC(=O)[C@H](CCCCNC(C)C)NC(=O)Cc1ccc(C(C)C)c(C(C)C)c1. The highest BCUT2D eigenvalue weighted by atomic mass is 16.2. The molecule has 0 fully saturated rings. The van der Waals surface area contributed by atoms with Crippen molar-refractivity contribution in [2.45, 2.75) is 104 Å². The van der Waals surface area contributed by atoms with Crippen molar-refractivity contribution in [2.75, 3.05) is 6.54 Å². The predicted molar refractivity (Wildman–Crippen MR) is 123 cm³/mol. The molecule has 0 aliphatic rings. The van der Waals surface area contributed by atoms with Crippen molar-refractivity contribution in [1.29, 1.82) is 0 Å². The lowest BCUT2D eigenvalue weighted by Gasteiger charge is -2.19. The van der Waals surface area contributed by atoms with Crippen LogP contribution in [0.3, 0.4) is 0 Å². The number of carbonyl (C=O) groups is 2. The monoisotopic (exact) mass is 402 g/mol. The molecule has 2 N–H and O–H groups in total. The van der Waals surface area contributed by atoms with Crippen LogP contribution in [-0.2, 0) is 16.0 Å². The first-order valence-corrected chi connectivity index (χ1v) is 11.3. The Morgan fingerprint density at radius 2 is 1.59 bits per heavy atom. The van der Waals surface area contributed by atoms with Crippen LogP contribution >= 0.6 is 0 Å². The van der Waals surface area contributed by atoms with Gasteiger partial charge in [0.15, 0.2) is 5.78 Å². The van der Waals surface area contributed by atoms with Crippen molar-refractivity contribution in [3.63, 3.8) is 0 Å². The van der Waals surface area contributed by atoms with Crippen molar-refractivity contribution in [2.24, 2.45) is 0 Å². The second kappa shape index (κ2) is 12.8. The Kier molecular flexibility index (Phi) is 11.2. The number of Topliss-reactive ketones (excluding diaryl/α,β-unsaturated/α-hetero) is 1. The van der Waals surface area contributed by atoms with Gasteiger partial charge in [-0.2, -0.15) is 0 Å². The smallest absolute Gasteiger partial charge is 0.224 e. The van der Waals surface area contributed by atoms with Gasteiger partial charge in [-0.25, -0.2) is 0 Å². The van der Waals surface area contributed by atoms with Crippen LogP contribution in [0.15, 0.2) is 18.2 Å². The van der Waals surface area contributed by atoms with E-state index in [-0.39, 0.29) is 17.7 Å². The van der Waals surface area contributed by atoms with E-state index in [1.807, 2.05) is 6.92 Å². The second-order valence-electron chi connectivity index (χ2n) is 8.99. The van der Waals surface area contributed by atoms with E-state index >= 15 is 0 Å². The molecule has 1 rings (SSSR count). The summed E-state index contributed by atoms with van der Waals surface area (Å²) in [5.74, 6) is 0.939. The number of rotatable bonds is 13. The van der Waals surface area contributed by atoms with Gasteiger partial charge in [0, 0.05) is 12.5 Å². The van der Waals surface area contributed by atoms with Gasteiger partial charge in [0.25, 0.3) is 0 Å². The summed E-state index contributed by atoms with van der Waals surface area (Å²) in [4.78, 5) is 25.0. The van der Waals surface area contributed by atoms with Crippen LogP contribution < -0.4 is 10.6 Å². The highest BCUT2D eigenvalue weighted by Crippen LogP contribution is 2.27. The zero-order valence-electron chi connectivity index (χ0n) is 19.6. The number of hydrogen-bond acceptors (Lipinski definition) is 3. The Bertz CT molecular complexity index is 650. The number of hydrogen-bond donors (Lipinski definition) is 2. The molecule has 0 aliphatic heterocycles. The standard InChI is InChI=1S/C25H42N2O2/c1-8-24(28)23(11-9-10-14-26-19(6)7)27-25(29)16-20-12-13-21(17(2)3)22(15-20)18(4)5/h12-13,15,17-19,23,26H,8-11,14,16H2,1-7H3,(H,27,29)/t23-/m0/s1. The fourth-order valence-electron chi connectivity index (χ4n) is 3.61. The summed E-state index contributed by atoms with van der Waals surface area (Å²) in [5.41, 5.74) is 3.67. The molecule has 0 saturated heterocycles. The van der Waals surface area contributed by atoms with E-state index in [2.05, 4.69) is 70.4 Å². The van der Waals surface area contributed by atoms with E-state index in [9.17, 15) is 9.59 Å². The van der Waals surface area contributed by atoms with Gasteiger partial charge in [0.05, 0.1) is 12.5 Å². The lowest BCUT2D eigenvalue weighted by Crippen LogP contribution is -2.41. The summed E-state index contributed by atoms with van der Waals surface area (Å²) in [6.45, 7) is 15.8. The third-order valence-electron chi connectivity index (χ3n) is 5.30. The molecule has 0 unspecified atom stereocenters.